The molecular formula is C28H39ClO3. The Morgan fingerprint density at radius 1 is 0.781 bits per heavy atom. The molecule has 0 radical (unpaired) electrons. The first kappa shape index (κ1) is 26.3. The van der Waals surface area contributed by atoms with Crippen LogP contribution in [0.3, 0.4) is 0 Å². The number of carbonyl (C=O) groups excluding carboxylic acids is 1. The summed E-state index contributed by atoms with van der Waals surface area (Å²) in [5.74, 6) is 1.10. The average Bonchev–Trinajstić information content (AvgIpc) is 2.83. The third kappa shape index (κ3) is 9.24. The van der Waals surface area contributed by atoms with Crippen molar-refractivity contribution >= 4 is 17.6 Å². The second-order valence-corrected chi connectivity index (χ2v) is 9.05. The average molecular weight is 459 g/mol. The number of carbonyl (C=O) groups is 1. The number of rotatable bonds is 15. The van der Waals surface area contributed by atoms with E-state index in [0.717, 1.165) is 36.3 Å². The van der Waals surface area contributed by atoms with Crippen molar-refractivity contribution in [2.75, 3.05) is 6.61 Å². The maximum Gasteiger partial charge on any atom is 0.329 e. The highest BCUT2D eigenvalue weighted by molar-refractivity contribution is 6.30. The van der Waals surface area contributed by atoms with Crippen molar-refractivity contribution < 1.29 is 14.3 Å². The molecule has 32 heavy (non-hydrogen) atoms. The Labute approximate surface area is 199 Å². The van der Waals surface area contributed by atoms with Crippen molar-refractivity contribution in [3.63, 3.8) is 0 Å². The van der Waals surface area contributed by atoms with Gasteiger partial charge in [-0.25, -0.2) is 0 Å². The number of hydrogen-bond donors (Lipinski definition) is 0. The van der Waals surface area contributed by atoms with E-state index in [4.69, 9.17) is 21.1 Å². The smallest absolute Gasteiger partial charge is 0.329 e. The molecule has 0 bridgehead atoms. The molecule has 4 heteroatoms. The lowest BCUT2D eigenvalue weighted by Crippen LogP contribution is -2.26. The van der Waals surface area contributed by atoms with Crippen molar-refractivity contribution in [2.45, 2.75) is 83.9 Å². The van der Waals surface area contributed by atoms with Gasteiger partial charge in [0.1, 0.15) is 16.9 Å². The van der Waals surface area contributed by atoms with E-state index < -0.39 is 11.3 Å². The Kier molecular flexibility index (Phi) is 12.3. The summed E-state index contributed by atoms with van der Waals surface area (Å²) >= 11 is 6.17. The minimum absolute atomic E-state index is 0.0831. The summed E-state index contributed by atoms with van der Waals surface area (Å²) in [6.45, 7) is 6.98. The Balaban J connectivity index is 1.74. The number of alkyl halides is 1. The Morgan fingerprint density at radius 3 is 1.81 bits per heavy atom. The highest BCUT2D eigenvalue weighted by Gasteiger charge is 2.23. The monoisotopic (exact) mass is 458 g/mol. The summed E-state index contributed by atoms with van der Waals surface area (Å²) in [5, 5.41) is -0.627. The lowest BCUT2D eigenvalue weighted by Gasteiger charge is -2.15. The molecule has 3 nitrogen and oxygen atoms in total. The molecule has 0 heterocycles. The topological polar surface area (TPSA) is 35.5 Å². The standard InChI is InChI=1S/C28H39ClO3/c1-4-6-7-8-9-10-11-12-21-31-25-17-13-23(14-18-25)24-15-19-26(20-16-24)32-28(30)27(29)22(3)5-2/h13-20,22,27H,4-12,21H2,1-3H3. The van der Waals surface area contributed by atoms with Crippen LogP contribution in [0.5, 0.6) is 11.5 Å². The fourth-order valence-corrected chi connectivity index (χ4v) is 3.72. The lowest BCUT2D eigenvalue weighted by molar-refractivity contribution is -0.134. The Morgan fingerprint density at radius 2 is 1.28 bits per heavy atom. The normalized spacial score (nSPS) is 12.9. The molecule has 0 amide bonds. The zero-order valence-corrected chi connectivity index (χ0v) is 20.7. The van der Waals surface area contributed by atoms with Crippen LogP contribution in [-0.2, 0) is 4.79 Å². The van der Waals surface area contributed by atoms with E-state index in [2.05, 4.69) is 19.1 Å². The molecule has 2 rings (SSSR count). The quantitative estimate of drug-likeness (QED) is 0.116. The molecule has 0 aliphatic heterocycles. The van der Waals surface area contributed by atoms with Crippen molar-refractivity contribution in [3.05, 3.63) is 48.5 Å². The number of esters is 1. The third-order valence-electron chi connectivity index (χ3n) is 5.90. The van der Waals surface area contributed by atoms with Gasteiger partial charge < -0.3 is 9.47 Å². The zero-order valence-electron chi connectivity index (χ0n) is 19.9. The minimum Gasteiger partial charge on any atom is -0.494 e. The summed E-state index contributed by atoms with van der Waals surface area (Å²) in [6.07, 6.45) is 11.2. The molecular weight excluding hydrogens is 420 g/mol. The van der Waals surface area contributed by atoms with E-state index in [1.54, 1.807) is 12.1 Å². The SMILES string of the molecule is CCCCCCCCCCOc1ccc(-c2ccc(OC(=O)C(Cl)C(C)CC)cc2)cc1. The fraction of sp³-hybridized carbons (Fsp3) is 0.536. The molecule has 0 fully saturated rings. The van der Waals surface area contributed by atoms with Crippen LogP contribution in [0.4, 0.5) is 0 Å². The van der Waals surface area contributed by atoms with Gasteiger partial charge in [-0.3, -0.25) is 4.79 Å². The van der Waals surface area contributed by atoms with E-state index in [1.165, 1.54) is 44.9 Å². The van der Waals surface area contributed by atoms with Crippen molar-refractivity contribution in [1.29, 1.82) is 0 Å². The highest BCUT2D eigenvalue weighted by Crippen LogP contribution is 2.26. The van der Waals surface area contributed by atoms with Gasteiger partial charge in [-0.1, -0.05) is 96.4 Å². The van der Waals surface area contributed by atoms with Crippen molar-refractivity contribution in [3.8, 4) is 22.6 Å². The van der Waals surface area contributed by atoms with Crippen LogP contribution >= 0.6 is 11.6 Å². The van der Waals surface area contributed by atoms with Gasteiger partial charge in [0.15, 0.2) is 0 Å². The molecule has 2 aromatic carbocycles. The van der Waals surface area contributed by atoms with Gasteiger partial charge in [-0.2, -0.15) is 0 Å². The molecule has 0 aliphatic rings. The molecule has 0 saturated carbocycles. The van der Waals surface area contributed by atoms with Crippen LogP contribution in [0.2, 0.25) is 0 Å². The molecule has 2 unspecified atom stereocenters. The largest absolute Gasteiger partial charge is 0.494 e. The van der Waals surface area contributed by atoms with Gasteiger partial charge in [0.2, 0.25) is 0 Å². The minimum atomic E-state index is -0.627. The van der Waals surface area contributed by atoms with Crippen LogP contribution in [0.15, 0.2) is 48.5 Å². The van der Waals surface area contributed by atoms with Crippen LogP contribution in [0.1, 0.15) is 78.6 Å². The predicted molar refractivity (Wildman–Crippen MR) is 135 cm³/mol. The predicted octanol–water partition coefficient (Wildman–Crippen LogP) is 8.43. The first-order valence-electron chi connectivity index (χ1n) is 12.2. The van der Waals surface area contributed by atoms with E-state index in [-0.39, 0.29) is 5.92 Å². The molecule has 0 aliphatic carbocycles. The molecule has 2 atom stereocenters. The van der Waals surface area contributed by atoms with Crippen LogP contribution in [-0.4, -0.2) is 18.0 Å². The van der Waals surface area contributed by atoms with Crippen LogP contribution < -0.4 is 9.47 Å². The van der Waals surface area contributed by atoms with Gasteiger partial charge in [0, 0.05) is 0 Å². The molecule has 2 aromatic rings. The number of unbranched alkanes of at least 4 members (excludes halogenated alkanes) is 7. The second kappa shape index (κ2) is 14.9. The van der Waals surface area contributed by atoms with E-state index in [9.17, 15) is 4.79 Å². The van der Waals surface area contributed by atoms with E-state index >= 15 is 0 Å². The first-order chi connectivity index (χ1) is 15.5. The highest BCUT2D eigenvalue weighted by atomic mass is 35.5. The maximum absolute atomic E-state index is 12.1. The molecule has 0 N–H and O–H groups in total. The van der Waals surface area contributed by atoms with Crippen molar-refractivity contribution in [1.82, 2.24) is 0 Å². The maximum atomic E-state index is 12.1. The summed E-state index contributed by atoms with van der Waals surface area (Å²) in [5.41, 5.74) is 2.15. The van der Waals surface area contributed by atoms with Crippen LogP contribution in [0, 0.1) is 5.92 Å². The lowest BCUT2D eigenvalue weighted by atomic mass is 10.0. The molecule has 0 saturated heterocycles. The number of ether oxygens (including phenoxy) is 2. The van der Waals surface area contributed by atoms with E-state index in [0.29, 0.717) is 5.75 Å². The molecule has 0 spiro atoms. The number of halogens is 1. The van der Waals surface area contributed by atoms with Crippen molar-refractivity contribution in [2.24, 2.45) is 5.92 Å². The fourth-order valence-electron chi connectivity index (χ4n) is 3.50. The molecule has 176 valence electrons. The Bertz CT molecular complexity index is 770. The molecule has 0 aromatic heterocycles. The summed E-state index contributed by atoms with van der Waals surface area (Å²) < 4.78 is 11.3. The third-order valence-corrected chi connectivity index (χ3v) is 6.50. The van der Waals surface area contributed by atoms with Gasteiger partial charge in [0.05, 0.1) is 6.61 Å². The first-order valence-corrected chi connectivity index (χ1v) is 12.7. The van der Waals surface area contributed by atoms with Gasteiger partial charge in [-0.15, -0.1) is 11.6 Å². The Hall–Kier alpha value is -2.00. The summed E-state index contributed by atoms with van der Waals surface area (Å²) in [6, 6.07) is 15.7. The number of hydrogen-bond acceptors (Lipinski definition) is 3. The zero-order chi connectivity index (χ0) is 23.2. The summed E-state index contributed by atoms with van der Waals surface area (Å²) in [4.78, 5) is 12.1. The van der Waals surface area contributed by atoms with Crippen LogP contribution in [0.25, 0.3) is 11.1 Å². The van der Waals surface area contributed by atoms with Gasteiger partial charge in [0.25, 0.3) is 0 Å². The summed E-state index contributed by atoms with van der Waals surface area (Å²) in [7, 11) is 0. The second-order valence-electron chi connectivity index (χ2n) is 8.58. The number of benzene rings is 2. The van der Waals surface area contributed by atoms with Gasteiger partial charge >= 0.3 is 5.97 Å². The van der Waals surface area contributed by atoms with E-state index in [1.807, 2.05) is 38.1 Å². The van der Waals surface area contributed by atoms with Gasteiger partial charge in [-0.05, 0) is 47.7 Å².